The van der Waals surface area contributed by atoms with Gasteiger partial charge < -0.3 is 10.2 Å². The molecule has 0 aliphatic carbocycles. The molecule has 0 aromatic heterocycles. The summed E-state index contributed by atoms with van der Waals surface area (Å²) >= 11 is 0. The van der Waals surface area contributed by atoms with Gasteiger partial charge in [-0.3, -0.25) is 0 Å². The topological polar surface area (TPSA) is 49.4 Å². The largest absolute Gasteiger partial charge is 0.308 e. The van der Waals surface area contributed by atoms with Crippen molar-refractivity contribution in [3.05, 3.63) is 29.8 Å². The van der Waals surface area contributed by atoms with Crippen molar-refractivity contribution in [1.82, 2.24) is 10.2 Å². The summed E-state index contributed by atoms with van der Waals surface area (Å²) in [5, 5.41) is 3.38. The number of fused-ring (bicyclic) bond motifs is 1. The molecule has 0 amide bonds. The fourth-order valence-electron chi connectivity index (χ4n) is 2.57. The summed E-state index contributed by atoms with van der Waals surface area (Å²) in [7, 11) is -0.996. The van der Waals surface area contributed by atoms with Crippen LogP contribution in [0.3, 0.4) is 0 Å². The number of hydrogen-bond donors (Lipinski definition) is 1. The van der Waals surface area contributed by atoms with Gasteiger partial charge in [-0.25, -0.2) is 8.42 Å². The van der Waals surface area contributed by atoms with E-state index in [1.165, 1.54) is 0 Å². The normalized spacial score (nSPS) is 21.9. The van der Waals surface area contributed by atoms with Crippen LogP contribution >= 0.6 is 0 Å². The lowest BCUT2D eigenvalue weighted by atomic mass is 10.1. The van der Waals surface area contributed by atoms with Crippen LogP contribution in [0.2, 0.25) is 0 Å². The van der Waals surface area contributed by atoms with Crippen LogP contribution in [0, 0.1) is 0 Å². The lowest BCUT2D eigenvalue weighted by molar-refractivity contribution is 0.249. The first-order valence-corrected chi connectivity index (χ1v) is 8.86. The Morgan fingerprint density at radius 3 is 2.80 bits per heavy atom. The Morgan fingerprint density at radius 1 is 1.40 bits per heavy atom. The maximum atomic E-state index is 12.1. The van der Waals surface area contributed by atoms with Gasteiger partial charge in [0.05, 0.1) is 10.6 Å². The lowest BCUT2D eigenvalue weighted by Crippen LogP contribution is -2.36. The van der Waals surface area contributed by atoms with Crippen LogP contribution in [0.5, 0.6) is 0 Å². The van der Waals surface area contributed by atoms with Crippen molar-refractivity contribution in [3.8, 4) is 0 Å². The second kappa shape index (κ2) is 6.24. The van der Waals surface area contributed by atoms with Crippen molar-refractivity contribution in [3.63, 3.8) is 0 Å². The van der Waals surface area contributed by atoms with Crippen molar-refractivity contribution in [2.24, 2.45) is 0 Å². The highest BCUT2D eigenvalue weighted by Gasteiger charge is 2.33. The third kappa shape index (κ3) is 3.22. The SMILES string of the molecule is CCC(C)N(C)CCNC1CS(=O)(=O)c2ccccc21. The molecule has 1 heterocycles. The highest BCUT2D eigenvalue weighted by molar-refractivity contribution is 7.91. The lowest BCUT2D eigenvalue weighted by Gasteiger charge is -2.24. The van der Waals surface area contributed by atoms with Gasteiger partial charge in [0, 0.05) is 25.2 Å². The predicted molar refractivity (Wildman–Crippen MR) is 81.6 cm³/mol. The van der Waals surface area contributed by atoms with E-state index < -0.39 is 9.84 Å². The molecule has 0 fully saturated rings. The summed E-state index contributed by atoms with van der Waals surface area (Å²) in [6.07, 6.45) is 1.12. The van der Waals surface area contributed by atoms with E-state index in [1.54, 1.807) is 12.1 Å². The average Bonchev–Trinajstić information content (AvgIpc) is 2.70. The Kier molecular flexibility index (Phi) is 4.83. The van der Waals surface area contributed by atoms with Gasteiger partial charge in [-0.1, -0.05) is 25.1 Å². The molecule has 2 unspecified atom stereocenters. The molecule has 0 saturated carbocycles. The average molecular weight is 296 g/mol. The Bertz CT molecular complexity index is 557. The van der Waals surface area contributed by atoms with Gasteiger partial charge in [0.2, 0.25) is 0 Å². The molecule has 0 radical (unpaired) electrons. The molecule has 1 N–H and O–H groups in total. The summed E-state index contributed by atoms with van der Waals surface area (Å²) in [5.41, 5.74) is 0.915. The fourth-order valence-corrected chi connectivity index (χ4v) is 4.34. The van der Waals surface area contributed by atoms with Crippen LogP contribution in [-0.2, 0) is 9.84 Å². The van der Waals surface area contributed by atoms with Crippen LogP contribution in [0.1, 0.15) is 31.9 Å². The van der Waals surface area contributed by atoms with E-state index >= 15 is 0 Å². The number of sulfone groups is 1. The van der Waals surface area contributed by atoms with Crippen molar-refractivity contribution in [1.29, 1.82) is 0 Å². The molecule has 1 aliphatic heterocycles. The minimum atomic E-state index is -3.10. The molecular weight excluding hydrogens is 272 g/mol. The van der Waals surface area contributed by atoms with Crippen molar-refractivity contribution in [2.45, 2.75) is 37.2 Å². The number of hydrogen-bond acceptors (Lipinski definition) is 4. The van der Waals surface area contributed by atoms with Gasteiger partial charge in [-0.2, -0.15) is 0 Å². The van der Waals surface area contributed by atoms with Crippen molar-refractivity contribution in [2.75, 3.05) is 25.9 Å². The maximum Gasteiger partial charge on any atom is 0.180 e. The minimum absolute atomic E-state index is 0.0680. The van der Waals surface area contributed by atoms with Gasteiger partial charge in [0.15, 0.2) is 9.84 Å². The Balaban J connectivity index is 1.96. The molecule has 0 saturated heterocycles. The molecule has 4 nitrogen and oxygen atoms in total. The van der Waals surface area contributed by atoms with Gasteiger partial charge >= 0.3 is 0 Å². The molecule has 5 heteroatoms. The number of likely N-dealkylation sites (N-methyl/N-ethyl adjacent to an activating group) is 1. The van der Waals surface area contributed by atoms with Crippen molar-refractivity contribution >= 4 is 9.84 Å². The van der Waals surface area contributed by atoms with E-state index in [-0.39, 0.29) is 11.8 Å². The summed E-state index contributed by atoms with van der Waals surface area (Å²) in [6.45, 7) is 6.10. The molecule has 1 aromatic carbocycles. The van der Waals surface area contributed by atoms with E-state index in [0.717, 1.165) is 25.1 Å². The third-order valence-corrected chi connectivity index (χ3v) is 6.03. The number of nitrogens with zero attached hydrogens (tertiary/aromatic N) is 1. The molecule has 1 aromatic rings. The molecule has 20 heavy (non-hydrogen) atoms. The van der Waals surface area contributed by atoms with Crippen LogP contribution in [-0.4, -0.2) is 45.2 Å². The quantitative estimate of drug-likeness (QED) is 0.870. The number of rotatable bonds is 6. The van der Waals surface area contributed by atoms with Gasteiger partial charge in [0.1, 0.15) is 0 Å². The second-order valence-corrected chi connectivity index (χ2v) is 7.57. The van der Waals surface area contributed by atoms with Crippen LogP contribution in [0.15, 0.2) is 29.2 Å². The van der Waals surface area contributed by atoms with Crippen molar-refractivity contribution < 1.29 is 8.42 Å². The monoisotopic (exact) mass is 296 g/mol. The number of benzene rings is 1. The van der Waals surface area contributed by atoms with Crippen LogP contribution in [0.25, 0.3) is 0 Å². The highest BCUT2D eigenvalue weighted by atomic mass is 32.2. The smallest absolute Gasteiger partial charge is 0.180 e. The molecule has 112 valence electrons. The molecule has 1 aliphatic rings. The zero-order chi connectivity index (χ0) is 14.8. The molecule has 0 bridgehead atoms. The van der Waals surface area contributed by atoms with E-state index in [4.69, 9.17) is 0 Å². The standard InChI is InChI=1S/C15H24N2O2S/c1-4-12(2)17(3)10-9-16-14-11-20(18,19)15-8-6-5-7-13(14)15/h5-8,12,14,16H,4,9-11H2,1-3H3. The molecule has 2 atom stereocenters. The summed E-state index contributed by atoms with van der Waals surface area (Å²) in [5.74, 6) is 0.180. The first kappa shape index (κ1) is 15.5. The molecule has 0 spiro atoms. The predicted octanol–water partition coefficient (Wildman–Crippen LogP) is 1.83. The molecule has 2 rings (SSSR count). The van der Waals surface area contributed by atoms with Gasteiger partial charge in [0.25, 0.3) is 0 Å². The van der Waals surface area contributed by atoms with E-state index in [1.807, 2.05) is 12.1 Å². The third-order valence-electron chi connectivity index (χ3n) is 4.21. The zero-order valence-corrected chi connectivity index (χ0v) is 13.3. The summed E-state index contributed by atoms with van der Waals surface area (Å²) in [4.78, 5) is 2.79. The summed E-state index contributed by atoms with van der Waals surface area (Å²) < 4.78 is 24.1. The van der Waals surface area contributed by atoms with Crippen LogP contribution in [0.4, 0.5) is 0 Å². The summed E-state index contributed by atoms with van der Waals surface area (Å²) in [6, 6.07) is 7.79. The second-order valence-electron chi connectivity index (χ2n) is 5.56. The highest BCUT2D eigenvalue weighted by Crippen LogP contribution is 2.32. The van der Waals surface area contributed by atoms with E-state index in [0.29, 0.717) is 10.9 Å². The fraction of sp³-hybridized carbons (Fsp3) is 0.600. The van der Waals surface area contributed by atoms with Gasteiger partial charge in [-0.05, 0) is 32.0 Å². The zero-order valence-electron chi connectivity index (χ0n) is 12.5. The van der Waals surface area contributed by atoms with E-state index in [2.05, 4.69) is 31.1 Å². The minimum Gasteiger partial charge on any atom is -0.308 e. The van der Waals surface area contributed by atoms with Crippen LogP contribution < -0.4 is 5.32 Å². The Morgan fingerprint density at radius 2 is 2.10 bits per heavy atom. The molecular formula is C15H24N2O2S. The Labute approximate surface area is 122 Å². The Hall–Kier alpha value is -0.910. The first-order chi connectivity index (χ1) is 9.45. The van der Waals surface area contributed by atoms with E-state index in [9.17, 15) is 8.42 Å². The maximum absolute atomic E-state index is 12.1. The van der Waals surface area contributed by atoms with Gasteiger partial charge in [-0.15, -0.1) is 0 Å². The number of nitrogens with one attached hydrogen (secondary N) is 1. The first-order valence-electron chi connectivity index (χ1n) is 7.21.